The van der Waals surface area contributed by atoms with E-state index in [9.17, 15) is 0 Å². The van der Waals surface area contributed by atoms with Crippen molar-refractivity contribution >= 4 is 29.9 Å². The predicted octanol–water partition coefficient (Wildman–Crippen LogP) is 3.99. The van der Waals surface area contributed by atoms with Crippen LogP contribution in [0, 0.1) is 0 Å². The zero-order valence-corrected chi connectivity index (χ0v) is 12.8. The minimum atomic E-state index is 0.961. The Balaban J connectivity index is 3.33. The fourth-order valence-corrected chi connectivity index (χ4v) is 8.50. The van der Waals surface area contributed by atoms with Gasteiger partial charge in [0.15, 0.2) is 0 Å². The van der Waals surface area contributed by atoms with Gasteiger partial charge in [-0.3, -0.25) is 0 Å². The van der Waals surface area contributed by atoms with Crippen LogP contribution in [0.4, 0.5) is 0 Å². The molecule has 0 aliphatic heterocycles. The molecule has 0 radical (unpaired) electrons. The molecule has 0 fully saturated rings. The molecule has 0 saturated heterocycles. The fourth-order valence-electron chi connectivity index (χ4n) is 1.32. The van der Waals surface area contributed by atoms with E-state index in [1.807, 2.05) is 0 Å². The first-order chi connectivity index (χ1) is 6.35. The first-order valence-electron chi connectivity index (χ1n) is 5.58. The molecule has 0 aromatic carbocycles. The maximum atomic E-state index is 2.35. The summed E-state index contributed by atoms with van der Waals surface area (Å²) in [7, 11) is 0. The second-order valence-corrected chi connectivity index (χ2v) is 10.9. The van der Waals surface area contributed by atoms with Crippen molar-refractivity contribution in [2.24, 2.45) is 0 Å². The Hall–Kier alpha value is 1.04. The monoisotopic (exact) mass is 316 g/mol. The number of unbranched alkanes of at least 4 members (excludes halogenated alkanes) is 3. The Bertz CT molecular complexity index is 88.1. The van der Waals surface area contributed by atoms with E-state index in [-0.39, 0.29) is 0 Å². The summed E-state index contributed by atoms with van der Waals surface area (Å²) in [4.78, 5) is 0. The number of hydrogen-bond acceptors (Lipinski definition) is 0. The van der Waals surface area contributed by atoms with Crippen LogP contribution in [-0.2, 0) is 0 Å². The quantitative estimate of drug-likeness (QED) is 0.446. The average Bonchev–Trinajstić information content (AvgIpc) is 2.13. The van der Waals surface area contributed by atoms with E-state index in [1.54, 1.807) is 6.42 Å². The van der Waals surface area contributed by atoms with Crippen molar-refractivity contribution in [2.75, 3.05) is 0 Å². The molecule has 80 valence electrons. The summed E-state index contributed by atoms with van der Waals surface area (Å²) in [6.45, 7) is 7.00. The van der Waals surface area contributed by atoms with Crippen LogP contribution < -0.4 is 0 Å². The van der Waals surface area contributed by atoms with Gasteiger partial charge in [0.2, 0.25) is 0 Å². The van der Waals surface area contributed by atoms with Crippen molar-refractivity contribution in [1.29, 1.82) is 0 Å². The molecule has 0 spiro atoms. The van der Waals surface area contributed by atoms with Crippen LogP contribution in [0.1, 0.15) is 52.9 Å². The standard InChI is InChI=1S/C11H24Se2/c1-4-7-8-9-10-11(12-5-2)13-6-3/h11H,4-10H2,1-3H3. The van der Waals surface area contributed by atoms with Crippen molar-refractivity contribution < 1.29 is 0 Å². The molecule has 0 saturated carbocycles. The maximum absolute atomic E-state index is 2.35. The summed E-state index contributed by atoms with van der Waals surface area (Å²) in [5.74, 6) is 0. The van der Waals surface area contributed by atoms with Crippen LogP contribution in [-0.4, -0.2) is 29.9 Å². The topological polar surface area (TPSA) is 0 Å². The molecule has 0 aliphatic carbocycles. The van der Waals surface area contributed by atoms with E-state index in [2.05, 4.69) is 20.8 Å². The van der Waals surface area contributed by atoms with E-state index >= 15 is 0 Å². The zero-order chi connectivity index (χ0) is 9.94. The molecular formula is C11H24Se2. The summed E-state index contributed by atoms with van der Waals surface area (Å²) in [6, 6.07) is 0. The van der Waals surface area contributed by atoms with Crippen LogP contribution in [0.25, 0.3) is 0 Å². The summed E-state index contributed by atoms with van der Waals surface area (Å²) >= 11 is 1.92. The third kappa shape index (κ3) is 9.35. The molecule has 0 atom stereocenters. The van der Waals surface area contributed by atoms with Gasteiger partial charge in [0.25, 0.3) is 0 Å². The van der Waals surface area contributed by atoms with Gasteiger partial charge >= 0.3 is 97.1 Å². The SMILES string of the molecule is CCCCCCC([Se]CC)[Se]CC. The van der Waals surface area contributed by atoms with Gasteiger partial charge < -0.3 is 0 Å². The van der Waals surface area contributed by atoms with Gasteiger partial charge in [-0.05, 0) is 0 Å². The van der Waals surface area contributed by atoms with Crippen molar-refractivity contribution in [3.8, 4) is 0 Å². The van der Waals surface area contributed by atoms with Crippen molar-refractivity contribution in [3.05, 3.63) is 0 Å². The van der Waals surface area contributed by atoms with Crippen molar-refractivity contribution in [2.45, 2.75) is 67.2 Å². The molecule has 13 heavy (non-hydrogen) atoms. The minimum absolute atomic E-state index is 0.961. The Morgan fingerprint density at radius 3 is 1.92 bits per heavy atom. The van der Waals surface area contributed by atoms with Gasteiger partial charge in [-0.1, -0.05) is 0 Å². The van der Waals surface area contributed by atoms with Gasteiger partial charge in [-0.25, -0.2) is 0 Å². The van der Waals surface area contributed by atoms with Gasteiger partial charge in [-0.2, -0.15) is 0 Å². The Labute approximate surface area is 96.9 Å². The van der Waals surface area contributed by atoms with Gasteiger partial charge in [-0.15, -0.1) is 0 Å². The molecule has 0 aromatic rings. The average molecular weight is 314 g/mol. The van der Waals surface area contributed by atoms with E-state index in [0.29, 0.717) is 0 Å². The summed E-state index contributed by atoms with van der Waals surface area (Å²) in [6.07, 6.45) is 7.35. The molecule has 0 nitrogen and oxygen atoms in total. The van der Waals surface area contributed by atoms with Gasteiger partial charge in [0, 0.05) is 0 Å². The second kappa shape index (κ2) is 11.1. The molecule has 0 aromatic heterocycles. The fraction of sp³-hybridized carbons (Fsp3) is 1.00. The normalized spacial score (nSPS) is 11.1. The van der Waals surface area contributed by atoms with Gasteiger partial charge in [0.1, 0.15) is 0 Å². The first kappa shape index (κ1) is 14.0. The predicted molar refractivity (Wildman–Crippen MR) is 65.0 cm³/mol. The molecule has 2 heteroatoms. The molecular weight excluding hydrogens is 290 g/mol. The molecule has 0 unspecified atom stereocenters. The van der Waals surface area contributed by atoms with E-state index < -0.39 is 0 Å². The van der Waals surface area contributed by atoms with Crippen LogP contribution in [0.15, 0.2) is 0 Å². The molecule has 0 N–H and O–H groups in total. The van der Waals surface area contributed by atoms with E-state index in [4.69, 9.17) is 0 Å². The van der Waals surface area contributed by atoms with E-state index in [1.165, 1.54) is 36.3 Å². The molecule has 0 heterocycles. The molecule has 0 aliphatic rings. The zero-order valence-electron chi connectivity index (χ0n) is 9.34. The van der Waals surface area contributed by atoms with Crippen molar-refractivity contribution in [1.82, 2.24) is 0 Å². The van der Waals surface area contributed by atoms with Crippen LogP contribution in [0.5, 0.6) is 0 Å². The third-order valence-electron chi connectivity index (χ3n) is 2.00. The Morgan fingerprint density at radius 1 is 0.846 bits per heavy atom. The van der Waals surface area contributed by atoms with E-state index in [0.717, 1.165) is 33.6 Å². The van der Waals surface area contributed by atoms with Crippen LogP contribution in [0.3, 0.4) is 0 Å². The third-order valence-corrected chi connectivity index (χ3v) is 8.91. The summed E-state index contributed by atoms with van der Waals surface area (Å²) in [5.41, 5.74) is 0. The summed E-state index contributed by atoms with van der Waals surface area (Å²) < 4.78 is 1.16. The number of hydrogen-bond donors (Lipinski definition) is 0. The summed E-state index contributed by atoms with van der Waals surface area (Å²) in [5, 5.41) is 2.90. The first-order valence-corrected chi connectivity index (χ1v) is 9.98. The Morgan fingerprint density at radius 2 is 1.46 bits per heavy atom. The Kier molecular flexibility index (Phi) is 12.0. The van der Waals surface area contributed by atoms with Crippen molar-refractivity contribution in [3.63, 3.8) is 0 Å². The van der Waals surface area contributed by atoms with Gasteiger partial charge in [0.05, 0.1) is 0 Å². The molecule has 0 bridgehead atoms. The van der Waals surface area contributed by atoms with Crippen LogP contribution >= 0.6 is 0 Å². The second-order valence-electron chi connectivity index (χ2n) is 3.19. The molecule has 0 rings (SSSR count). The van der Waals surface area contributed by atoms with Crippen LogP contribution in [0.2, 0.25) is 14.4 Å². The number of rotatable bonds is 9. The molecule has 0 amide bonds.